The van der Waals surface area contributed by atoms with Crippen molar-refractivity contribution in [3.63, 3.8) is 0 Å². The summed E-state index contributed by atoms with van der Waals surface area (Å²) in [5, 5.41) is 0. The quantitative estimate of drug-likeness (QED) is 0.592. The summed E-state index contributed by atoms with van der Waals surface area (Å²) < 4.78 is 0. The van der Waals surface area contributed by atoms with Gasteiger partial charge < -0.3 is 0 Å². The predicted octanol–water partition coefficient (Wildman–Crippen LogP) is 2.46. The second-order valence-electron chi connectivity index (χ2n) is 4.30. The molecule has 2 bridgehead atoms. The SMILES string of the molecule is O=[C]CC12CCC(CC1)CC2. The fraction of sp³-hybridized carbons (Fsp3) is 0.900. The van der Waals surface area contributed by atoms with Gasteiger partial charge in [-0.3, -0.25) is 4.79 Å². The van der Waals surface area contributed by atoms with Gasteiger partial charge in [0.15, 0.2) is 6.29 Å². The molecule has 3 saturated carbocycles. The Kier molecular flexibility index (Phi) is 1.74. The van der Waals surface area contributed by atoms with Crippen LogP contribution in [0, 0.1) is 11.3 Å². The van der Waals surface area contributed by atoms with Crippen LogP contribution in [0.4, 0.5) is 0 Å². The van der Waals surface area contributed by atoms with Crippen LogP contribution in [0.25, 0.3) is 0 Å². The molecule has 0 saturated heterocycles. The smallest absolute Gasteiger partial charge is 0.198 e. The summed E-state index contributed by atoms with van der Waals surface area (Å²) >= 11 is 0. The molecular weight excluding hydrogens is 136 g/mol. The normalized spacial score (nSPS) is 42.4. The fourth-order valence-corrected chi connectivity index (χ4v) is 2.76. The van der Waals surface area contributed by atoms with E-state index in [2.05, 4.69) is 6.29 Å². The van der Waals surface area contributed by atoms with Crippen LogP contribution >= 0.6 is 0 Å². The van der Waals surface area contributed by atoms with Crippen molar-refractivity contribution in [2.24, 2.45) is 11.3 Å². The third-order valence-corrected chi connectivity index (χ3v) is 3.70. The number of fused-ring (bicyclic) bond motifs is 3. The largest absolute Gasteiger partial charge is 0.291 e. The second kappa shape index (κ2) is 2.62. The van der Waals surface area contributed by atoms with Crippen molar-refractivity contribution in [1.29, 1.82) is 0 Å². The van der Waals surface area contributed by atoms with Crippen molar-refractivity contribution >= 4 is 6.29 Å². The van der Waals surface area contributed by atoms with E-state index in [9.17, 15) is 4.79 Å². The van der Waals surface area contributed by atoms with Crippen molar-refractivity contribution < 1.29 is 4.79 Å². The number of rotatable bonds is 2. The van der Waals surface area contributed by atoms with E-state index in [4.69, 9.17) is 0 Å². The van der Waals surface area contributed by atoms with Gasteiger partial charge in [0.25, 0.3) is 0 Å². The molecule has 0 aliphatic heterocycles. The van der Waals surface area contributed by atoms with Gasteiger partial charge in [-0.25, -0.2) is 0 Å². The minimum Gasteiger partial charge on any atom is -0.291 e. The van der Waals surface area contributed by atoms with Gasteiger partial charge in [0.1, 0.15) is 0 Å². The molecule has 0 atom stereocenters. The number of carbonyl (C=O) groups excluding carboxylic acids is 1. The van der Waals surface area contributed by atoms with Crippen molar-refractivity contribution in [2.45, 2.75) is 44.9 Å². The van der Waals surface area contributed by atoms with Crippen molar-refractivity contribution in [3.8, 4) is 0 Å². The summed E-state index contributed by atoms with van der Waals surface area (Å²) in [5.74, 6) is 1.00. The minimum absolute atomic E-state index is 0.413. The first-order chi connectivity index (χ1) is 5.35. The summed E-state index contributed by atoms with van der Waals surface area (Å²) in [6.07, 6.45) is 10.8. The molecule has 0 aromatic heterocycles. The van der Waals surface area contributed by atoms with Crippen LogP contribution in [-0.4, -0.2) is 6.29 Å². The van der Waals surface area contributed by atoms with E-state index >= 15 is 0 Å². The van der Waals surface area contributed by atoms with E-state index in [0.29, 0.717) is 11.8 Å². The molecule has 0 N–H and O–H groups in total. The van der Waals surface area contributed by atoms with Crippen LogP contribution in [0.15, 0.2) is 0 Å². The highest BCUT2D eigenvalue weighted by Crippen LogP contribution is 2.51. The Morgan fingerprint density at radius 3 is 2.18 bits per heavy atom. The topological polar surface area (TPSA) is 17.1 Å². The summed E-state index contributed by atoms with van der Waals surface area (Å²) in [6, 6.07) is 0. The number of hydrogen-bond acceptors (Lipinski definition) is 1. The van der Waals surface area contributed by atoms with Gasteiger partial charge >= 0.3 is 0 Å². The van der Waals surface area contributed by atoms with Gasteiger partial charge in [0.05, 0.1) is 0 Å². The Morgan fingerprint density at radius 1 is 1.18 bits per heavy atom. The molecule has 3 rings (SSSR count). The fourth-order valence-electron chi connectivity index (χ4n) is 2.76. The third-order valence-electron chi connectivity index (χ3n) is 3.70. The molecule has 0 unspecified atom stereocenters. The predicted molar refractivity (Wildman–Crippen MR) is 43.9 cm³/mol. The average Bonchev–Trinajstić information content (AvgIpc) is 2.07. The molecule has 3 fully saturated rings. The Balaban J connectivity index is 2.05. The average molecular weight is 151 g/mol. The Labute approximate surface area is 68.2 Å². The van der Waals surface area contributed by atoms with Crippen LogP contribution in [0.1, 0.15) is 44.9 Å². The van der Waals surface area contributed by atoms with Crippen LogP contribution in [0.5, 0.6) is 0 Å². The molecule has 11 heavy (non-hydrogen) atoms. The molecule has 0 amide bonds. The maximum absolute atomic E-state index is 10.3. The molecule has 0 aromatic rings. The van der Waals surface area contributed by atoms with E-state index in [1.807, 2.05) is 0 Å². The van der Waals surface area contributed by atoms with E-state index in [-0.39, 0.29) is 0 Å². The van der Waals surface area contributed by atoms with Gasteiger partial charge in [-0.1, -0.05) is 0 Å². The molecular formula is C10H15O. The summed E-state index contributed by atoms with van der Waals surface area (Å²) in [6.45, 7) is 0. The lowest BCUT2D eigenvalue weighted by molar-refractivity contribution is 0.0714. The molecule has 1 nitrogen and oxygen atoms in total. The van der Waals surface area contributed by atoms with E-state index in [1.165, 1.54) is 38.5 Å². The van der Waals surface area contributed by atoms with Gasteiger partial charge in [0.2, 0.25) is 0 Å². The standard InChI is InChI=1S/C10H15O/c11-8-7-10-4-1-9(2-5-10)3-6-10/h9H,1-7H2. The monoisotopic (exact) mass is 151 g/mol. The van der Waals surface area contributed by atoms with Crippen LogP contribution in [0.3, 0.4) is 0 Å². The molecule has 61 valence electrons. The molecule has 1 heteroatoms. The van der Waals surface area contributed by atoms with Gasteiger partial charge in [0, 0.05) is 6.42 Å². The zero-order valence-electron chi connectivity index (χ0n) is 6.94. The maximum atomic E-state index is 10.3. The Morgan fingerprint density at radius 2 is 1.73 bits per heavy atom. The lowest BCUT2D eigenvalue weighted by Gasteiger charge is -2.45. The van der Waals surface area contributed by atoms with E-state index in [0.717, 1.165) is 5.92 Å². The van der Waals surface area contributed by atoms with Gasteiger partial charge in [-0.15, -0.1) is 0 Å². The molecule has 0 aromatic carbocycles. The van der Waals surface area contributed by atoms with Crippen LogP contribution < -0.4 is 0 Å². The van der Waals surface area contributed by atoms with Crippen molar-refractivity contribution in [1.82, 2.24) is 0 Å². The minimum atomic E-state index is 0.413. The first kappa shape index (κ1) is 7.33. The van der Waals surface area contributed by atoms with Crippen molar-refractivity contribution in [2.75, 3.05) is 0 Å². The first-order valence-corrected chi connectivity index (χ1v) is 4.70. The lowest BCUT2D eigenvalue weighted by Crippen LogP contribution is -2.34. The Bertz CT molecular complexity index is 140. The zero-order chi connectivity index (χ0) is 7.73. The summed E-state index contributed by atoms with van der Waals surface area (Å²) in [4.78, 5) is 10.3. The molecule has 1 radical (unpaired) electrons. The highest BCUT2D eigenvalue weighted by atomic mass is 16.1. The summed E-state index contributed by atoms with van der Waals surface area (Å²) in [7, 11) is 0. The highest BCUT2D eigenvalue weighted by Gasteiger charge is 2.39. The Hall–Kier alpha value is -0.330. The van der Waals surface area contributed by atoms with Gasteiger partial charge in [-0.2, -0.15) is 0 Å². The van der Waals surface area contributed by atoms with Crippen LogP contribution in [-0.2, 0) is 4.79 Å². The second-order valence-corrected chi connectivity index (χ2v) is 4.30. The molecule has 3 aliphatic carbocycles. The lowest BCUT2D eigenvalue weighted by atomic mass is 9.60. The van der Waals surface area contributed by atoms with Crippen LogP contribution in [0.2, 0.25) is 0 Å². The van der Waals surface area contributed by atoms with E-state index in [1.54, 1.807) is 0 Å². The molecule has 0 heterocycles. The van der Waals surface area contributed by atoms with E-state index < -0.39 is 0 Å². The highest BCUT2D eigenvalue weighted by molar-refractivity contribution is 5.52. The van der Waals surface area contributed by atoms with Crippen molar-refractivity contribution in [3.05, 3.63) is 0 Å². The third kappa shape index (κ3) is 1.21. The maximum Gasteiger partial charge on any atom is 0.198 e. The number of hydrogen-bond donors (Lipinski definition) is 0. The van der Waals surface area contributed by atoms with Gasteiger partial charge in [-0.05, 0) is 49.9 Å². The zero-order valence-corrected chi connectivity index (χ0v) is 6.94. The first-order valence-electron chi connectivity index (χ1n) is 4.70. The molecule has 0 spiro atoms. The molecule has 3 aliphatic rings. The summed E-state index contributed by atoms with van der Waals surface area (Å²) in [5.41, 5.74) is 0.413.